The van der Waals surface area contributed by atoms with Crippen LogP contribution in [-0.2, 0) is 0 Å². The van der Waals surface area contributed by atoms with Crippen molar-refractivity contribution in [1.82, 2.24) is 0 Å². The van der Waals surface area contributed by atoms with Gasteiger partial charge in [-0.2, -0.15) is 0 Å². The van der Waals surface area contributed by atoms with Crippen LogP contribution in [0.4, 0.5) is 0 Å². The van der Waals surface area contributed by atoms with E-state index in [1.807, 2.05) is 56.7 Å². The van der Waals surface area contributed by atoms with Gasteiger partial charge in [-0.15, -0.1) is 56.7 Å². The number of fused-ring (bicyclic) bond motifs is 32. The van der Waals surface area contributed by atoms with Crippen LogP contribution in [0.25, 0.3) is 198 Å². The van der Waals surface area contributed by atoms with Gasteiger partial charge in [0.1, 0.15) is 0 Å². The molecule has 1 aliphatic rings. The van der Waals surface area contributed by atoms with Crippen LogP contribution in [0.5, 0.6) is 0 Å². The molecule has 114 heavy (non-hydrogen) atoms. The van der Waals surface area contributed by atoms with E-state index in [1.165, 1.54) is 253 Å². The molecule has 0 aliphatic heterocycles. The highest BCUT2D eigenvalue weighted by Gasteiger charge is 2.24. The van der Waals surface area contributed by atoms with E-state index in [0.29, 0.717) is 0 Å². The molecule has 1 fully saturated rings. The van der Waals surface area contributed by atoms with Crippen molar-refractivity contribution in [2.45, 2.75) is 72.6 Å². The summed E-state index contributed by atoms with van der Waals surface area (Å²) < 4.78 is 14.1. The molecule has 5 aromatic heterocycles. The van der Waals surface area contributed by atoms with Crippen LogP contribution in [0, 0.1) is 34.6 Å². The Morgan fingerprint density at radius 1 is 0.211 bits per heavy atom. The van der Waals surface area contributed by atoms with Crippen molar-refractivity contribution >= 4 is 244 Å². The minimum Gasteiger partial charge on any atom is -0.135 e. The van der Waals surface area contributed by atoms with Crippen molar-refractivity contribution in [1.29, 1.82) is 0 Å². The lowest BCUT2D eigenvalue weighted by molar-refractivity contribution is 0.446. The molecular formula is C109H80S5. The Kier molecular flexibility index (Phi) is 17.9. The molecule has 0 amide bonds. The van der Waals surface area contributed by atoms with E-state index in [2.05, 4.69) is 362 Å². The first-order valence-electron chi connectivity index (χ1n) is 40.0. The molecular weight excluding hydrogens is 1470 g/mol. The Morgan fingerprint density at radius 3 is 1.14 bits per heavy atom. The summed E-state index contributed by atoms with van der Waals surface area (Å²) in [5.41, 5.74) is 11.0. The van der Waals surface area contributed by atoms with Crippen molar-refractivity contribution in [2.24, 2.45) is 0 Å². The first kappa shape index (κ1) is 70.2. The first-order chi connectivity index (χ1) is 56.1. The van der Waals surface area contributed by atoms with Crippen LogP contribution in [0.2, 0.25) is 0 Å². The molecule has 0 radical (unpaired) electrons. The monoisotopic (exact) mass is 1550 g/mol. The molecule has 0 N–H and O–H groups in total. The summed E-state index contributed by atoms with van der Waals surface area (Å²) in [4.78, 5) is 0. The highest BCUT2D eigenvalue weighted by Crippen LogP contribution is 2.51. The second-order valence-corrected chi connectivity index (χ2v) is 36.6. The molecule has 1 aliphatic carbocycles. The van der Waals surface area contributed by atoms with Crippen LogP contribution in [0.15, 0.2) is 328 Å². The number of hydrogen-bond donors (Lipinski definition) is 0. The zero-order chi connectivity index (χ0) is 76.2. The summed E-state index contributed by atoms with van der Waals surface area (Å²) in [6, 6.07) is 120. The van der Waals surface area contributed by atoms with Crippen LogP contribution >= 0.6 is 56.7 Å². The zero-order valence-corrected chi connectivity index (χ0v) is 68.4. The van der Waals surface area contributed by atoms with Gasteiger partial charge in [-0.1, -0.05) is 292 Å². The normalized spacial score (nSPS) is 12.7. The average Bonchev–Trinajstić information content (AvgIpc) is 1.51. The summed E-state index contributed by atoms with van der Waals surface area (Å²) >= 11 is 9.65. The Balaban J connectivity index is 0.0000000899. The van der Waals surface area contributed by atoms with E-state index in [0.717, 1.165) is 5.92 Å². The minimum absolute atomic E-state index is 0.750. The molecule has 5 heteroatoms. The van der Waals surface area contributed by atoms with Gasteiger partial charge < -0.3 is 0 Å². The topological polar surface area (TPSA) is 0 Å². The van der Waals surface area contributed by atoms with Gasteiger partial charge in [0.25, 0.3) is 0 Å². The van der Waals surface area contributed by atoms with Gasteiger partial charge in [0.15, 0.2) is 0 Å². The summed E-state index contributed by atoms with van der Waals surface area (Å²) in [5.74, 6) is 0.750. The van der Waals surface area contributed by atoms with Crippen LogP contribution in [-0.4, -0.2) is 0 Å². The van der Waals surface area contributed by atoms with Crippen molar-refractivity contribution in [3.63, 3.8) is 0 Å². The third-order valence-corrected chi connectivity index (χ3v) is 29.8. The van der Waals surface area contributed by atoms with Crippen molar-refractivity contribution in [2.75, 3.05) is 0 Å². The standard InChI is InChI=1S/C25H16S.C23H22S.C23H16S.C21H14S.C17H12S/c1-15-14-22-23(19-11-5-2-8-16(15)19)24-20-12-6-3-9-17(20)18-10-4-7-13-21(18)25(24)26-22;2*1-15-11-12-19-21(13-15)24-23-20(16-7-3-2-4-8-16)14-17-9-5-6-10-18(17)22(19)23;1-13-12-19-21(17-9-5-4-7-15(13)17)20-16-8-3-2-6-14(16)10-11-18(20)22-19;1-11-6-8-14-16(10-11)18-15-9-7-12-4-2-3-5-13(12)17(14)15/h2-14H,1H3;5-6,9-14,16H,2-4,7-8H2,1H3;2-14H,1H3;2-12H,1H3;2-10H,1H3. The predicted octanol–water partition coefficient (Wildman–Crippen LogP) is 34.8. The van der Waals surface area contributed by atoms with E-state index in [-0.39, 0.29) is 0 Å². The highest BCUT2D eigenvalue weighted by atomic mass is 32.1. The van der Waals surface area contributed by atoms with Crippen LogP contribution < -0.4 is 0 Å². The van der Waals surface area contributed by atoms with Crippen LogP contribution in [0.1, 0.15) is 71.4 Å². The summed E-state index contributed by atoms with van der Waals surface area (Å²) in [5, 5.41) is 35.9. The Labute approximate surface area is 682 Å². The van der Waals surface area contributed by atoms with Gasteiger partial charge >= 0.3 is 0 Å². The Morgan fingerprint density at radius 2 is 0.579 bits per heavy atom. The maximum atomic E-state index is 2.50. The van der Waals surface area contributed by atoms with Gasteiger partial charge in [-0.25, -0.2) is 0 Å². The molecule has 0 saturated heterocycles. The van der Waals surface area contributed by atoms with Gasteiger partial charge in [-0.05, 0) is 228 Å². The molecule has 19 aromatic carbocycles. The van der Waals surface area contributed by atoms with Gasteiger partial charge in [0.05, 0.1) is 0 Å². The zero-order valence-electron chi connectivity index (χ0n) is 64.3. The predicted molar refractivity (Wildman–Crippen MR) is 512 cm³/mol. The molecule has 24 aromatic rings. The highest BCUT2D eigenvalue weighted by molar-refractivity contribution is 7.28. The SMILES string of the molecule is Cc1cc2sc3c4ccccc4c4ccccc4c3c2c2ccccc12.Cc1cc2sc3ccc4ccccc4c3c2c2ccccc12.Cc1ccc2c(c1)sc1c(-c3ccccc3)cc3ccccc3c12.Cc1ccc2c(c1)sc1c(C3CCCCC3)cc3ccccc3c12.Cc1ccc2c(c1)sc1ccc3ccccc3c12. The fraction of sp³-hybridized carbons (Fsp3) is 0.101. The van der Waals surface area contributed by atoms with E-state index in [4.69, 9.17) is 0 Å². The smallest absolute Gasteiger partial charge is 0.0440 e. The molecule has 546 valence electrons. The number of thiophene rings is 5. The maximum absolute atomic E-state index is 2.50. The van der Waals surface area contributed by atoms with E-state index >= 15 is 0 Å². The van der Waals surface area contributed by atoms with Crippen LogP contribution in [0.3, 0.4) is 0 Å². The van der Waals surface area contributed by atoms with Gasteiger partial charge in [-0.3, -0.25) is 0 Å². The number of rotatable bonds is 2. The lowest BCUT2D eigenvalue weighted by Crippen LogP contribution is -2.04. The molecule has 1 saturated carbocycles. The summed E-state index contributed by atoms with van der Waals surface area (Å²) in [7, 11) is 0. The fourth-order valence-corrected chi connectivity index (χ4v) is 25.3. The molecule has 0 nitrogen and oxygen atoms in total. The third-order valence-electron chi connectivity index (χ3n) is 24.1. The molecule has 0 spiro atoms. The number of benzene rings is 19. The quantitative estimate of drug-likeness (QED) is 0.151. The lowest BCUT2D eigenvalue weighted by atomic mass is 9.82. The minimum atomic E-state index is 0.750. The van der Waals surface area contributed by atoms with Gasteiger partial charge in [0, 0.05) is 112 Å². The van der Waals surface area contributed by atoms with Gasteiger partial charge in [0.2, 0.25) is 0 Å². The molecule has 0 bridgehead atoms. The Bertz CT molecular complexity index is 7970. The number of aryl methyl sites for hydroxylation is 5. The number of hydrogen-bond acceptors (Lipinski definition) is 5. The summed E-state index contributed by atoms with van der Waals surface area (Å²) in [6.07, 6.45) is 6.92. The van der Waals surface area contributed by atoms with Crippen molar-refractivity contribution in [3.8, 4) is 11.1 Å². The first-order valence-corrected chi connectivity index (χ1v) is 44.1. The lowest BCUT2D eigenvalue weighted by Gasteiger charge is -2.23. The Hall–Kier alpha value is -11.6. The third kappa shape index (κ3) is 12.2. The van der Waals surface area contributed by atoms with Crippen molar-refractivity contribution in [3.05, 3.63) is 361 Å². The average molecular weight is 1550 g/mol. The van der Waals surface area contributed by atoms with E-state index in [1.54, 1.807) is 10.3 Å². The second kappa shape index (κ2) is 29.1. The van der Waals surface area contributed by atoms with E-state index in [9.17, 15) is 0 Å². The summed E-state index contributed by atoms with van der Waals surface area (Å²) in [6.45, 7) is 11.0. The maximum Gasteiger partial charge on any atom is 0.0440 e. The fourth-order valence-electron chi connectivity index (χ4n) is 18.7. The second-order valence-electron chi connectivity index (χ2n) is 31.3. The molecule has 5 heterocycles. The van der Waals surface area contributed by atoms with Crippen molar-refractivity contribution < 1.29 is 0 Å². The van der Waals surface area contributed by atoms with E-state index < -0.39 is 0 Å². The molecule has 25 rings (SSSR count). The largest absolute Gasteiger partial charge is 0.135 e. The molecule has 0 unspecified atom stereocenters. The molecule has 0 atom stereocenters.